The average molecular weight is 286 g/mol. The van der Waals surface area contributed by atoms with Gasteiger partial charge < -0.3 is 15.5 Å². The average Bonchev–Trinajstić information content (AvgIpc) is 2.38. The maximum absolute atomic E-state index is 11.1. The van der Waals surface area contributed by atoms with Gasteiger partial charge in [-0.3, -0.25) is 4.79 Å². The van der Waals surface area contributed by atoms with Crippen LogP contribution in [0, 0.1) is 5.92 Å². The topological polar surface area (TPSA) is 69.6 Å². The van der Waals surface area contributed by atoms with Crippen molar-refractivity contribution in [3.63, 3.8) is 0 Å². The van der Waals surface area contributed by atoms with Gasteiger partial charge in [0.2, 0.25) is 0 Å². The van der Waals surface area contributed by atoms with Crippen LogP contribution in [-0.4, -0.2) is 28.8 Å². The number of aliphatic hydroxyl groups is 1. The summed E-state index contributed by atoms with van der Waals surface area (Å²) in [4.78, 5) is 11.1. The van der Waals surface area contributed by atoms with Crippen molar-refractivity contribution in [2.45, 2.75) is 32.4 Å². The monoisotopic (exact) mass is 285 g/mol. The summed E-state index contributed by atoms with van der Waals surface area (Å²) in [5, 5.41) is 22.6. The molecule has 0 aromatic heterocycles. The molecular weight excluding hydrogens is 266 g/mol. The molecule has 1 aromatic carbocycles. The van der Waals surface area contributed by atoms with Crippen molar-refractivity contribution >= 4 is 17.6 Å². The van der Waals surface area contributed by atoms with Gasteiger partial charge >= 0.3 is 5.97 Å². The van der Waals surface area contributed by atoms with Crippen molar-refractivity contribution in [3.05, 3.63) is 34.9 Å². The summed E-state index contributed by atoms with van der Waals surface area (Å²) in [5.41, 5.74) is 0.713. The molecule has 3 unspecified atom stereocenters. The first-order valence-electron chi connectivity index (χ1n) is 6.35. The largest absolute Gasteiger partial charge is 0.480 e. The number of carboxylic acids is 1. The Morgan fingerprint density at radius 1 is 1.37 bits per heavy atom. The lowest BCUT2D eigenvalue weighted by Crippen LogP contribution is -2.43. The van der Waals surface area contributed by atoms with Gasteiger partial charge in [0, 0.05) is 11.6 Å². The van der Waals surface area contributed by atoms with Crippen molar-refractivity contribution in [1.29, 1.82) is 0 Å². The number of rotatable bonds is 7. The highest BCUT2D eigenvalue weighted by Crippen LogP contribution is 2.16. The quantitative estimate of drug-likeness (QED) is 0.720. The van der Waals surface area contributed by atoms with Gasteiger partial charge in [-0.1, -0.05) is 44.0 Å². The van der Waals surface area contributed by atoms with Gasteiger partial charge in [0.1, 0.15) is 6.04 Å². The van der Waals surface area contributed by atoms with Gasteiger partial charge in [-0.15, -0.1) is 0 Å². The van der Waals surface area contributed by atoms with E-state index in [1.807, 2.05) is 13.8 Å². The number of hydrogen-bond donors (Lipinski definition) is 3. The summed E-state index contributed by atoms with van der Waals surface area (Å²) < 4.78 is 0. The van der Waals surface area contributed by atoms with E-state index in [0.717, 1.165) is 6.42 Å². The summed E-state index contributed by atoms with van der Waals surface area (Å²) in [5.74, 6) is -0.882. The third-order valence-electron chi connectivity index (χ3n) is 3.26. The zero-order valence-electron chi connectivity index (χ0n) is 11.1. The zero-order valence-corrected chi connectivity index (χ0v) is 11.9. The number of halogens is 1. The highest BCUT2D eigenvalue weighted by Gasteiger charge is 2.23. The fourth-order valence-corrected chi connectivity index (χ4v) is 1.93. The Balaban J connectivity index is 2.59. The van der Waals surface area contributed by atoms with Gasteiger partial charge in [0.05, 0.1) is 6.10 Å². The van der Waals surface area contributed by atoms with E-state index < -0.39 is 18.1 Å². The van der Waals surface area contributed by atoms with Gasteiger partial charge in [-0.25, -0.2) is 0 Å². The minimum Gasteiger partial charge on any atom is -0.480 e. The van der Waals surface area contributed by atoms with E-state index in [1.54, 1.807) is 24.3 Å². The van der Waals surface area contributed by atoms with E-state index in [2.05, 4.69) is 5.32 Å². The summed E-state index contributed by atoms with van der Waals surface area (Å²) >= 11 is 5.77. The summed E-state index contributed by atoms with van der Waals surface area (Å²) in [6, 6.07) is 6.21. The third kappa shape index (κ3) is 4.82. The standard InChI is InChI=1S/C14H20ClNO3/c1-3-9(2)13(14(18)19)16-8-12(17)10-4-6-11(15)7-5-10/h4-7,9,12-13,16-17H,3,8H2,1-2H3,(H,18,19). The summed E-state index contributed by atoms with van der Waals surface area (Å²) in [7, 11) is 0. The van der Waals surface area contributed by atoms with E-state index in [0.29, 0.717) is 10.6 Å². The number of aliphatic hydroxyl groups excluding tert-OH is 1. The van der Waals surface area contributed by atoms with Crippen molar-refractivity contribution in [2.75, 3.05) is 6.54 Å². The van der Waals surface area contributed by atoms with E-state index in [-0.39, 0.29) is 12.5 Å². The molecule has 0 spiro atoms. The SMILES string of the molecule is CCC(C)C(NCC(O)c1ccc(Cl)cc1)C(=O)O. The molecule has 0 radical (unpaired) electrons. The Morgan fingerprint density at radius 2 is 1.95 bits per heavy atom. The Kier molecular flexibility index (Phi) is 6.28. The van der Waals surface area contributed by atoms with Crippen LogP contribution < -0.4 is 5.32 Å². The molecule has 0 aliphatic rings. The fourth-order valence-electron chi connectivity index (χ4n) is 1.81. The lowest BCUT2D eigenvalue weighted by atomic mass is 9.99. The Labute approximate surface area is 118 Å². The van der Waals surface area contributed by atoms with E-state index in [4.69, 9.17) is 16.7 Å². The molecule has 19 heavy (non-hydrogen) atoms. The van der Waals surface area contributed by atoms with Crippen LogP contribution in [0.15, 0.2) is 24.3 Å². The molecule has 0 amide bonds. The lowest BCUT2D eigenvalue weighted by Gasteiger charge is -2.22. The van der Waals surface area contributed by atoms with Crippen LogP contribution in [0.5, 0.6) is 0 Å². The molecule has 3 atom stereocenters. The highest BCUT2D eigenvalue weighted by atomic mass is 35.5. The predicted octanol–water partition coefficient (Wildman–Crippen LogP) is 2.46. The molecular formula is C14H20ClNO3. The molecule has 106 valence electrons. The van der Waals surface area contributed by atoms with Crippen molar-refractivity contribution < 1.29 is 15.0 Å². The lowest BCUT2D eigenvalue weighted by molar-refractivity contribution is -0.141. The minimum atomic E-state index is -0.891. The molecule has 1 rings (SSSR count). The number of hydrogen-bond acceptors (Lipinski definition) is 3. The molecule has 0 aliphatic carbocycles. The fraction of sp³-hybridized carbons (Fsp3) is 0.500. The Morgan fingerprint density at radius 3 is 2.42 bits per heavy atom. The second kappa shape index (κ2) is 7.48. The maximum Gasteiger partial charge on any atom is 0.320 e. The normalized spacial score (nSPS) is 15.8. The van der Waals surface area contributed by atoms with Gasteiger partial charge in [-0.2, -0.15) is 0 Å². The second-order valence-electron chi connectivity index (χ2n) is 4.68. The van der Waals surface area contributed by atoms with Gasteiger partial charge in [0.25, 0.3) is 0 Å². The van der Waals surface area contributed by atoms with Crippen LogP contribution in [0.4, 0.5) is 0 Å². The van der Waals surface area contributed by atoms with Crippen molar-refractivity contribution in [1.82, 2.24) is 5.32 Å². The molecule has 0 saturated carbocycles. The van der Waals surface area contributed by atoms with Crippen LogP contribution in [0.25, 0.3) is 0 Å². The molecule has 1 aromatic rings. The number of nitrogens with one attached hydrogen (secondary N) is 1. The van der Waals surface area contributed by atoms with Crippen LogP contribution in [0.1, 0.15) is 31.9 Å². The predicted molar refractivity (Wildman–Crippen MR) is 75.3 cm³/mol. The molecule has 3 N–H and O–H groups in total. The number of carboxylic acid groups (broad SMARTS) is 1. The maximum atomic E-state index is 11.1. The number of benzene rings is 1. The first kappa shape index (κ1) is 16.0. The summed E-state index contributed by atoms with van der Waals surface area (Å²) in [6.07, 6.45) is 0.0178. The number of carbonyl (C=O) groups is 1. The van der Waals surface area contributed by atoms with E-state index >= 15 is 0 Å². The van der Waals surface area contributed by atoms with Crippen LogP contribution >= 0.6 is 11.6 Å². The first-order valence-corrected chi connectivity index (χ1v) is 6.73. The van der Waals surface area contributed by atoms with Crippen molar-refractivity contribution in [3.8, 4) is 0 Å². The highest BCUT2D eigenvalue weighted by molar-refractivity contribution is 6.30. The Hall–Kier alpha value is -1.10. The Bertz CT molecular complexity index is 408. The number of aliphatic carboxylic acids is 1. The van der Waals surface area contributed by atoms with Gasteiger partial charge in [-0.05, 0) is 23.6 Å². The van der Waals surface area contributed by atoms with Gasteiger partial charge in [0.15, 0.2) is 0 Å². The molecule has 0 fully saturated rings. The van der Waals surface area contributed by atoms with Crippen LogP contribution in [0.3, 0.4) is 0 Å². The van der Waals surface area contributed by atoms with E-state index in [1.165, 1.54) is 0 Å². The first-order chi connectivity index (χ1) is 8.95. The van der Waals surface area contributed by atoms with E-state index in [9.17, 15) is 9.90 Å². The molecule has 0 heterocycles. The molecule has 0 aliphatic heterocycles. The van der Waals surface area contributed by atoms with Crippen LogP contribution in [0.2, 0.25) is 5.02 Å². The minimum absolute atomic E-state index is 0.00918. The molecule has 0 bridgehead atoms. The zero-order chi connectivity index (χ0) is 14.4. The smallest absolute Gasteiger partial charge is 0.320 e. The van der Waals surface area contributed by atoms with Crippen molar-refractivity contribution in [2.24, 2.45) is 5.92 Å². The van der Waals surface area contributed by atoms with Crippen LogP contribution in [-0.2, 0) is 4.79 Å². The molecule has 4 nitrogen and oxygen atoms in total. The second-order valence-corrected chi connectivity index (χ2v) is 5.11. The molecule has 0 saturated heterocycles. The summed E-state index contributed by atoms with van der Waals surface area (Å²) in [6.45, 7) is 4.02. The molecule has 5 heteroatoms. The third-order valence-corrected chi connectivity index (χ3v) is 3.52.